The second-order valence-electron chi connectivity index (χ2n) is 4.16. The highest BCUT2D eigenvalue weighted by Gasteiger charge is 2.28. The Hall–Kier alpha value is -1.91. The van der Waals surface area contributed by atoms with Gasteiger partial charge in [0.05, 0.1) is 5.92 Å². The number of likely N-dealkylation sites (tertiary alicyclic amines) is 1. The van der Waals surface area contributed by atoms with Gasteiger partial charge in [0.1, 0.15) is 0 Å². The zero-order valence-electron chi connectivity index (χ0n) is 9.37. The first-order valence-corrected chi connectivity index (χ1v) is 5.60. The second-order valence-corrected chi connectivity index (χ2v) is 4.16. The lowest BCUT2D eigenvalue weighted by molar-refractivity contribution is -0.143. The first-order valence-electron chi connectivity index (χ1n) is 5.60. The minimum atomic E-state index is -0.822. The molecule has 1 N–H and O–H groups in total. The summed E-state index contributed by atoms with van der Waals surface area (Å²) in [5.41, 5.74) is 0.561. The smallest absolute Gasteiger partial charge is 0.308 e. The molecule has 0 aromatic carbocycles. The highest BCUT2D eigenvalue weighted by molar-refractivity contribution is 5.94. The van der Waals surface area contributed by atoms with Gasteiger partial charge < -0.3 is 10.0 Å². The fourth-order valence-corrected chi connectivity index (χ4v) is 2.04. The minimum Gasteiger partial charge on any atom is -0.481 e. The third-order valence-electron chi connectivity index (χ3n) is 2.99. The average molecular weight is 234 g/mol. The number of nitrogens with zero attached hydrogens (tertiary/aromatic N) is 2. The number of amides is 1. The van der Waals surface area contributed by atoms with Gasteiger partial charge in [0.2, 0.25) is 0 Å². The molecule has 1 atom stereocenters. The number of piperidine rings is 1. The topological polar surface area (TPSA) is 70.5 Å². The molecule has 17 heavy (non-hydrogen) atoms. The van der Waals surface area contributed by atoms with Gasteiger partial charge in [0, 0.05) is 31.0 Å². The van der Waals surface area contributed by atoms with Crippen molar-refractivity contribution in [3.05, 3.63) is 30.1 Å². The van der Waals surface area contributed by atoms with Crippen molar-refractivity contribution < 1.29 is 14.7 Å². The molecule has 1 aliphatic rings. The van der Waals surface area contributed by atoms with Crippen molar-refractivity contribution >= 4 is 11.9 Å². The fraction of sp³-hybridized carbons (Fsp3) is 0.417. The molecule has 0 radical (unpaired) electrons. The summed E-state index contributed by atoms with van der Waals surface area (Å²) in [6.45, 7) is 0.932. The molecule has 0 unspecified atom stereocenters. The first kappa shape index (κ1) is 11.6. The van der Waals surface area contributed by atoms with Crippen LogP contribution in [0.25, 0.3) is 0 Å². The summed E-state index contributed by atoms with van der Waals surface area (Å²) < 4.78 is 0. The number of carboxylic acid groups (broad SMARTS) is 1. The fourth-order valence-electron chi connectivity index (χ4n) is 2.04. The maximum Gasteiger partial charge on any atom is 0.308 e. The number of carbonyl (C=O) groups is 2. The van der Waals surface area contributed by atoms with Crippen molar-refractivity contribution in [3.63, 3.8) is 0 Å². The van der Waals surface area contributed by atoms with E-state index < -0.39 is 11.9 Å². The summed E-state index contributed by atoms with van der Waals surface area (Å²) >= 11 is 0. The van der Waals surface area contributed by atoms with Gasteiger partial charge in [-0.15, -0.1) is 0 Å². The van der Waals surface area contributed by atoms with Crippen LogP contribution in [0.2, 0.25) is 0 Å². The number of rotatable bonds is 2. The van der Waals surface area contributed by atoms with Crippen LogP contribution in [-0.2, 0) is 4.79 Å². The van der Waals surface area contributed by atoms with Crippen LogP contribution in [0.4, 0.5) is 0 Å². The van der Waals surface area contributed by atoms with Crippen molar-refractivity contribution in [2.45, 2.75) is 12.8 Å². The van der Waals surface area contributed by atoms with E-state index in [4.69, 9.17) is 5.11 Å². The van der Waals surface area contributed by atoms with Crippen LogP contribution in [-0.4, -0.2) is 40.0 Å². The maximum absolute atomic E-state index is 12.1. The van der Waals surface area contributed by atoms with E-state index in [1.165, 1.54) is 0 Å². The SMILES string of the molecule is O=C(O)[C@H]1CCCN(C(=O)c2ccncc2)C1. The third-order valence-corrected chi connectivity index (χ3v) is 2.99. The molecule has 0 spiro atoms. The molecule has 1 amide bonds. The molecule has 0 bridgehead atoms. The summed E-state index contributed by atoms with van der Waals surface area (Å²) in [7, 11) is 0. The van der Waals surface area contributed by atoms with Crippen molar-refractivity contribution in [1.29, 1.82) is 0 Å². The van der Waals surface area contributed by atoms with E-state index in [1.54, 1.807) is 29.4 Å². The van der Waals surface area contributed by atoms with E-state index in [1.807, 2.05) is 0 Å². The van der Waals surface area contributed by atoms with Crippen LogP contribution in [0.5, 0.6) is 0 Å². The highest BCUT2D eigenvalue weighted by atomic mass is 16.4. The van der Waals surface area contributed by atoms with E-state index in [-0.39, 0.29) is 5.91 Å². The Morgan fingerprint density at radius 1 is 1.35 bits per heavy atom. The zero-order valence-corrected chi connectivity index (χ0v) is 9.37. The predicted molar refractivity (Wildman–Crippen MR) is 60.5 cm³/mol. The molecule has 5 nitrogen and oxygen atoms in total. The van der Waals surface area contributed by atoms with Gasteiger partial charge in [-0.25, -0.2) is 0 Å². The molecule has 1 aromatic heterocycles. The number of hydrogen-bond acceptors (Lipinski definition) is 3. The van der Waals surface area contributed by atoms with Crippen LogP contribution < -0.4 is 0 Å². The van der Waals surface area contributed by atoms with Crippen LogP contribution in [0.15, 0.2) is 24.5 Å². The average Bonchev–Trinajstić information content (AvgIpc) is 2.39. The molecule has 1 aromatic rings. The van der Waals surface area contributed by atoms with E-state index in [0.717, 1.165) is 6.42 Å². The van der Waals surface area contributed by atoms with E-state index >= 15 is 0 Å². The minimum absolute atomic E-state index is 0.113. The number of aliphatic carboxylic acids is 1. The summed E-state index contributed by atoms with van der Waals surface area (Å²) in [6.07, 6.45) is 4.51. The number of carbonyl (C=O) groups excluding carboxylic acids is 1. The number of pyridine rings is 1. The Bertz CT molecular complexity index is 419. The summed E-state index contributed by atoms with van der Waals surface area (Å²) in [5.74, 6) is -1.37. The van der Waals surface area contributed by atoms with E-state index in [9.17, 15) is 9.59 Å². The van der Waals surface area contributed by atoms with Crippen molar-refractivity contribution in [2.75, 3.05) is 13.1 Å². The molecule has 2 rings (SSSR count). The number of aromatic nitrogens is 1. The largest absolute Gasteiger partial charge is 0.481 e. The van der Waals surface area contributed by atoms with Gasteiger partial charge in [-0.1, -0.05) is 0 Å². The van der Waals surface area contributed by atoms with Gasteiger partial charge >= 0.3 is 5.97 Å². The molecule has 1 saturated heterocycles. The third kappa shape index (κ3) is 2.61. The first-order chi connectivity index (χ1) is 8.18. The molecule has 2 heterocycles. The lowest BCUT2D eigenvalue weighted by Gasteiger charge is -2.30. The molecule has 0 aliphatic carbocycles. The Labute approximate surface area is 99.1 Å². The normalized spacial score (nSPS) is 20.0. The van der Waals surface area contributed by atoms with Crippen LogP contribution >= 0.6 is 0 Å². The molecular weight excluding hydrogens is 220 g/mol. The van der Waals surface area contributed by atoms with Crippen LogP contribution in [0.1, 0.15) is 23.2 Å². The van der Waals surface area contributed by atoms with Crippen molar-refractivity contribution in [1.82, 2.24) is 9.88 Å². The Morgan fingerprint density at radius 3 is 2.71 bits per heavy atom. The van der Waals surface area contributed by atoms with Gasteiger partial charge in [-0.2, -0.15) is 0 Å². The second kappa shape index (κ2) is 4.95. The molecule has 1 fully saturated rings. The van der Waals surface area contributed by atoms with Crippen LogP contribution in [0, 0.1) is 5.92 Å². The predicted octanol–water partition coefficient (Wildman–Crippen LogP) is 1.02. The number of carboxylic acids is 1. The lowest BCUT2D eigenvalue weighted by Crippen LogP contribution is -2.42. The highest BCUT2D eigenvalue weighted by Crippen LogP contribution is 2.18. The zero-order chi connectivity index (χ0) is 12.3. The summed E-state index contributed by atoms with van der Waals surface area (Å²) in [6, 6.07) is 3.29. The monoisotopic (exact) mass is 234 g/mol. The van der Waals surface area contributed by atoms with Gasteiger partial charge in [-0.3, -0.25) is 14.6 Å². The molecular formula is C12H14N2O3. The Balaban J connectivity index is 2.07. The summed E-state index contributed by atoms with van der Waals surface area (Å²) in [4.78, 5) is 28.4. The van der Waals surface area contributed by atoms with E-state index in [0.29, 0.717) is 25.1 Å². The Kier molecular flexibility index (Phi) is 3.37. The van der Waals surface area contributed by atoms with Gasteiger partial charge in [-0.05, 0) is 25.0 Å². The Morgan fingerprint density at radius 2 is 2.06 bits per heavy atom. The molecule has 1 aliphatic heterocycles. The van der Waals surface area contributed by atoms with Gasteiger partial charge in [0.15, 0.2) is 0 Å². The van der Waals surface area contributed by atoms with Crippen molar-refractivity contribution in [2.24, 2.45) is 5.92 Å². The standard InChI is InChI=1S/C12H14N2O3/c15-11(9-3-5-13-6-4-9)14-7-1-2-10(8-14)12(16)17/h3-6,10H,1-2,7-8H2,(H,16,17)/t10-/m0/s1. The summed E-state index contributed by atoms with van der Waals surface area (Å²) in [5, 5.41) is 8.96. The van der Waals surface area contributed by atoms with E-state index in [2.05, 4.69) is 4.98 Å². The lowest BCUT2D eigenvalue weighted by atomic mass is 9.98. The number of hydrogen-bond donors (Lipinski definition) is 1. The van der Waals surface area contributed by atoms with Crippen LogP contribution in [0.3, 0.4) is 0 Å². The molecule has 90 valence electrons. The molecule has 0 saturated carbocycles. The molecule has 5 heteroatoms. The van der Waals surface area contributed by atoms with Gasteiger partial charge in [0.25, 0.3) is 5.91 Å². The quantitative estimate of drug-likeness (QED) is 0.829. The van der Waals surface area contributed by atoms with Crippen molar-refractivity contribution in [3.8, 4) is 0 Å². The maximum atomic E-state index is 12.1.